The van der Waals surface area contributed by atoms with Gasteiger partial charge in [0.15, 0.2) is 0 Å². The average Bonchev–Trinajstić information content (AvgIpc) is 2.05. The second kappa shape index (κ2) is 3.09. The molecule has 60 valence electrons. The summed E-state index contributed by atoms with van der Waals surface area (Å²) in [5.74, 6) is 0.455. The van der Waals surface area contributed by atoms with Crippen molar-refractivity contribution in [3.8, 4) is 5.88 Å². The van der Waals surface area contributed by atoms with E-state index in [-0.39, 0.29) is 0 Å². The van der Waals surface area contributed by atoms with Crippen LogP contribution in [0.5, 0.6) is 5.88 Å². The summed E-state index contributed by atoms with van der Waals surface area (Å²) >= 11 is 0. The van der Waals surface area contributed by atoms with Crippen LogP contribution in [0.15, 0.2) is 12.3 Å². The summed E-state index contributed by atoms with van der Waals surface area (Å²) in [6.45, 7) is 0. The molecule has 0 amide bonds. The van der Waals surface area contributed by atoms with Crippen LogP contribution < -0.4 is 15.8 Å². The van der Waals surface area contributed by atoms with E-state index in [0.717, 1.165) is 5.69 Å². The van der Waals surface area contributed by atoms with Crippen LogP contribution in [0, 0.1) is 0 Å². The molecule has 0 fully saturated rings. The molecule has 0 spiro atoms. The van der Waals surface area contributed by atoms with Crippen LogP contribution in [0.3, 0.4) is 0 Å². The second-order valence-electron chi connectivity index (χ2n) is 2.03. The summed E-state index contributed by atoms with van der Waals surface area (Å²) in [5, 5.41) is 2.92. The zero-order chi connectivity index (χ0) is 8.27. The highest BCUT2D eigenvalue weighted by atomic mass is 16.5. The lowest BCUT2D eigenvalue weighted by molar-refractivity contribution is 0.400. The molecule has 4 nitrogen and oxygen atoms in total. The Morgan fingerprint density at radius 3 is 2.91 bits per heavy atom. The summed E-state index contributed by atoms with van der Waals surface area (Å²) in [6.07, 6.45) is 1.64. The zero-order valence-electron chi connectivity index (χ0n) is 6.59. The lowest BCUT2D eigenvalue weighted by Crippen LogP contribution is -1.99. The Labute approximate surface area is 65.4 Å². The van der Waals surface area contributed by atoms with Crippen molar-refractivity contribution in [2.24, 2.45) is 0 Å². The Balaban J connectivity index is 3.10. The van der Waals surface area contributed by atoms with Gasteiger partial charge in [0.2, 0.25) is 5.88 Å². The Bertz CT molecular complexity index is 227. The molecule has 1 aromatic rings. The van der Waals surface area contributed by atoms with Gasteiger partial charge in [0.1, 0.15) is 5.69 Å². The molecule has 0 saturated carbocycles. The van der Waals surface area contributed by atoms with Crippen LogP contribution in [0.2, 0.25) is 0 Å². The lowest BCUT2D eigenvalue weighted by atomic mass is 10.3. The van der Waals surface area contributed by atoms with E-state index in [1.54, 1.807) is 19.3 Å². The number of rotatable bonds is 2. The number of nitrogens with one attached hydrogen (secondary N) is 1. The Morgan fingerprint density at radius 1 is 1.64 bits per heavy atom. The molecule has 1 heterocycles. The number of anilines is 2. The van der Waals surface area contributed by atoms with Crippen LogP contribution in [-0.4, -0.2) is 19.1 Å². The van der Waals surface area contributed by atoms with E-state index in [1.807, 2.05) is 0 Å². The minimum atomic E-state index is 0.455. The van der Waals surface area contributed by atoms with Crippen molar-refractivity contribution in [1.29, 1.82) is 0 Å². The smallest absolute Gasteiger partial charge is 0.239 e. The van der Waals surface area contributed by atoms with E-state index in [4.69, 9.17) is 10.5 Å². The van der Waals surface area contributed by atoms with Crippen LogP contribution >= 0.6 is 0 Å². The van der Waals surface area contributed by atoms with Gasteiger partial charge in [-0.15, -0.1) is 0 Å². The summed E-state index contributed by atoms with van der Waals surface area (Å²) in [7, 11) is 3.34. The first-order valence-electron chi connectivity index (χ1n) is 3.25. The van der Waals surface area contributed by atoms with Gasteiger partial charge in [-0.25, -0.2) is 4.98 Å². The predicted octanol–water partition coefficient (Wildman–Crippen LogP) is 0.714. The van der Waals surface area contributed by atoms with Gasteiger partial charge in [0.05, 0.1) is 12.8 Å². The van der Waals surface area contributed by atoms with E-state index in [1.165, 1.54) is 7.11 Å². The standard InChI is InChI=1S/C7H11N3O/c1-9-5-3-4-10-7(11-2)6(5)8/h3-4H,8H2,1-2H3,(H,9,10). The van der Waals surface area contributed by atoms with Crippen LogP contribution in [0.25, 0.3) is 0 Å². The van der Waals surface area contributed by atoms with Crippen LogP contribution in [0.4, 0.5) is 11.4 Å². The number of nitrogen functional groups attached to an aromatic ring is 1. The Hall–Kier alpha value is -1.45. The molecule has 0 aliphatic rings. The van der Waals surface area contributed by atoms with Gasteiger partial charge in [0, 0.05) is 13.2 Å². The van der Waals surface area contributed by atoms with Crippen molar-refractivity contribution >= 4 is 11.4 Å². The normalized spacial score (nSPS) is 9.27. The predicted molar refractivity (Wildman–Crippen MR) is 44.7 cm³/mol. The molecule has 0 aliphatic heterocycles. The van der Waals surface area contributed by atoms with Crippen LogP contribution in [-0.2, 0) is 0 Å². The number of nitrogens with zero attached hydrogens (tertiary/aromatic N) is 1. The third-order valence-electron chi connectivity index (χ3n) is 1.42. The topological polar surface area (TPSA) is 60.2 Å². The summed E-state index contributed by atoms with van der Waals surface area (Å²) in [4.78, 5) is 3.92. The number of ether oxygens (including phenoxy) is 1. The van der Waals surface area contributed by atoms with Gasteiger partial charge in [-0.3, -0.25) is 0 Å². The first kappa shape index (κ1) is 7.65. The molecule has 0 saturated heterocycles. The maximum absolute atomic E-state index is 5.65. The number of aromatic nitrogens is 1. The highest BCUT2D eigenvalue weighted by molar-refractivity contribution is 5.70. The largest absolute Gasteiger partial charge is 0.479 e. The quantitative estimate of drug-likeness (QED) is 0.657. The third kappa shape index (κ3) is 1.34. The van der Waals surface area contributed by atoms with Crippen molar-refractivity contribution in [3.05, 3.63) is 12.3 Å². The number of methoxy groups -OCH3 is 1. The van der Waals surface area contributed by atoms with Gasteiger partial charge in [-0.1, -0.05) is 0 Å². The van der Waals surface area contributed by atoms with E-state index < -0.39 is 0 Å². The SMILES string of the molecule is CNc1ccnc(OC)c1N. The molecule has 0 aromatic carbocycles. The van der Waals surface area contributed by atoms with Gasteiger partial charge in [0.25, 0.3) is 0 Å². The van der Waals surface area contributed by atoms with E-state index in [9.17, 15) is 0 Å². The molecule has 1 rings (SSSR count). The van der Waals surface area contributed by atoms with Gasteiger partial charge in [-0.05, 0) is 6.07 Å². The van der Waals surface area contributed by atoms with Gasteiger partial charge in [-0.2, -0.15) is 0 Å². The minimum Gasteiger partial charge on any atom is -0.479 e. The Morgan fingerprint density at radius 2 is 2.36 bits per heavy atom. The fourth-order valence-corrected chi connectivity index (χ4v) is 0.835. The molecule has 11 heavy (non-hydrogen) atoms. The fraction of sp³-hybridized carbons (Fsp3) is 0.286. The molecule has 4 heteroatoms. The number of nitrogens with two attached hydrogens (primary N) is 1. The van der Waals surface area contributed by atoms with Gasteiger partial charge < -0.3 is 15.8 Å². The highest BCUT2D eigenvalue weighted by Crippen LogP contribution is 2.25. The average molecular weight is 153 g/mol. The highest BCUT2D eigenvalue weighted by Gasteiger charge is 2.03. The van der Waals surface area contributed by atoms with Crippen molar-refractivity contribution in [2.45, 2.75) is 0 Å². The zero-order valence-corrected chi connectivity index (χ0v) is 6.59. The first-order chi connectivity index (χ1) is 5.29. The first-order valence-corrected chi connectivity index (χ1v) is 3.25. The number of hydrogen-bond acceptors (Lipinski definition) is 4. The molecule has 0 atom stereocenters. The van der Waals surface area contributed by atoms with Crippen molar-refractivity contribution in [2.75, 3.05) is 25.2 Å². The molecule has 0 aliphatic carbocycles. The molecule has 3 N–H and O–H groups in total. The monoisotopic (exact) mass is 153 g/mol. The van der Waals surface area contributed by atoms with Crippen molar-refractivity contribution in [1.82, 2.24) is 4.98 Å². The third-order valence-corrected chi connectivity index (χ3v) is 1.42. The molecular formula is C7H11N3O. The summed E-state index contributed by atoms with van der Waals surface area (Å²) < 4.78 is 4.91. The van der Waals surface area contributed by atoms with Crippen LogP contribution in [0.1, 0.15) is 0 Å². The number of pyridine rings is 1. The second-order valence-corrected chi connectivity index (χ2v) is 2.03. The fourth-order valence-electron chi connectivity index (χ4n) is 0.835. The van der Waals surface area contributed by atoms with Gasteiger partial charge >= 0.3 is 0 Å². The number of hydrogen-bond donors (Lipinski definition) is 2. The molecule has 1 aromatic heterocycles. The maximum Gasteiger partial charge on any atom is 0.239 e. The van der Waals surface area contributed by atoms with E-state index >= 15 is 0 Å². The van der Waals surface area contributed by atoms with Crippen molar-refractivity contribution in [3.63, 3.8) is 0 Å². The minimum absolute atomic E-state index is 0.455. The molecule has 0 radical (unpaired) electrons. The van der Waals surface area contributed by atoms with Crippen molar-refractivity contribution < 1.29 is 4.74 Å². The summed E-state index contributed by atoms with van der Waals surface area (Å²) in [6, 6.07) is 1.79. The van der Waals surface area contributed by atoms with E-state index in [0.29, 0.717) is 11.6 Å². The summed E-state index contributed by atoms with van der Waals surface area (Å²) in [5.41, 5.74) is 7.02. The Kier molecular flexibility index (Phi) is 2.15. The maximum atomic E-state index is 5.65. The lowest BCUT2D eigenvalue weighted by Gasteiger charge is -2.06. The molecule has 0 bridgehead atoms. The molecule has 0 unspecified atom stereocenters. The van der Waals surface area contributed by atoms with E-state index in [2.05, 4.69) is 10.3 Å². The molecular weight excluding hydrogens is 142 g/mol.